The highest BCUT2D eigenvalue weighted by Gasteiger charge is 2.43. The molecule has 0 radical (unpaired) electrons. The zero-order valence-corrected chi connectivity index (χ0v) is 23.6. The number of nitrogens with zero attached hydrogens (tertiary/aromatic N) is 2. The summed E-state index contributed by atoms with van der Waals surface area (Å²) in [6.07, 6.45) is 14.4. The molecule has 0 atom stereocenters. The molecule has 2 aromatic carbocycles. The topological polar surface area (TPSA) is 60.6 Å². The minimum Gasteiger partial charge on any atom is -0.344 e. The lowest BCUT2D eigenvalue weighted by molar-refractivity contribution is -0.401. The second-order valence-electron chi connectivity index (χ2n) is 10.8. The molecule has 1 N–H and O–H groups in total. The lowest BCUT2D eigenvalue weighted by Crippen LogP contribution is -2.26. The van der Waals surface area contributed by atoms with Crippen molar-refractivity contribution in [2.24, 2.45) is 0 Å². The summed E-state index contributed by atoms with van der Waals surface area (Å²) >= 11 is 0. The third-order valence-electron chi connectivity index (χ3n) is 7.62. The summed E-state index contributed by atoms with van der Waals surface area (Å²) in [6.45, 7) is 13.9. The first-order valence-electron chi connectivity index (χ1n) is 12.6. The average Bonchev–Trinajstić information content (AvgIpc) is 3.15. The number of fused-ring (bicyclic) bond motifs is 2. The maximum Gasteiger partial charge on any atom is 0.294 e. The Morgan fingerprint density at radius 3 is 2.27 bits per heavy atom. The van der Waals surface area contributed by atoms with Gasteiger partial charge in [0.2, 0.25) is 5.69 Å². The molecule has 0 aromatic heterocycles. The maximum atomic E-state index is 11.6. The normalized spacial score (nSPS) is 19.7. The fourth-order valence-corrected chi connectivity index (χ4v) is 6.10. The van der Waals surface area contributed by atoms with Crippen LogP contribution in [0.25, 0.3) is 0 Å². The van der Waals surface area contributed by atoms with E-state index in [1.54, 1.807) is 12.1 Å². The number of aryl methyl sites for hydroxylation is 1. The van der Waals surface area contributed by atoms with Crippen molar-refractivity contribution in [1.82, 2.24) is 0 Å². The Morgan fingerprint density at radius 2 is 1.59 bits per heavy atom. The summed E-state index contributed by atoms with van der Waals surface area (Å²) in [6, 6.07) is 11.5. The van der Waals surface area contributed by atoms with E-state index in [1.165, 1.54) is 28.6 Å². The van der Waals surface area contributed by atoms with Crippen LogP contribution in [0.3, 0.4) is 0 Å². The largest absolute Gasteiger partial charge is 0.344 e. The van der Waals surface area contributed by atoms with Gasteiger partial charge in [0, 0.05) is 41.1 Å². The van der Waals surface area contributed by atoms with Gasteiger partial charge in [-0.2, -0.15) is 13.0 Å². The van der Waals surface area contributed by atoms with Crippen molar-refractivity contribution in [3.8, 4) is 0 Å². The maximum absolute atomic E-state index is 11.6. The van der Waals surface area contributed by atoms with Crippen LogP contribution in [0.1, 0.15) is 51.3 Å². The quantitative estimate of drug-likeness (QED) is 0.266. The predicted molar refractivity (Wildman–Crippen MR) is 153 cm³/mol. The molecule has 0 unspecified atom stereocenters. The van der Waals surface area contributed by atoms with Gasteiger partial charge in [-0.3, -0.25) is 4.55 Å². The summed E-state index contributed by atoms with van der Waals surface area (Å²) in [5, 5.41) is 0. The molecule has 0 saturated heterocycles. The van der Waals surface area contributed by atoms with Crippen LogP contribution in [0.15, 0.2) is 89.5 Å². The van der Waals surface area contributed by atoms with Crippen molar-refractivity contribution in [3.05, 3.63) is 101 Å². The Balaban J connectivity index is 1.50. The second-order valence-corrected chi connectivity index (χ2v) is 12.2. The molecule has 6 heteroatoms. The summed E-state index contributed by atoms with van der Waals surface area (Å²) in [5.74, 6) is 0. The number of benzene rings is 2. The molecule has 4 rings (SSSR count). The molecule has 0 saturated carbocycles. The Morgan fingerprint density at radius 1 is 0.919 bits per heavy atom. The van der Waals surface area contributed by atoms with E-state index in [2.05, 4.69) is 81.4 Å². The molecule has 2 aliphatic rings. The number of hydrogen-bond acceptors (Lipinski definition) is 3. The molecular weight excluding hydrogens is 480 g/mol. The van der Waals surface area contributed by atoms with Gasteiger partial charge in [-0.25, -0.2) is 0 Å². The first-order valence-corrected chi connectivity index (χ1v) is 14.1. The van der Waals surface area contributed by atoms with Crippen molar-refractivity contribution in [3.63, 3.8) is 0 Å². The van der Waals surface area contributed by atoms with E-state index in [0.29, 0.717) is 0 Å². The third kappa shape index (κ3) is 4.76. The summed E-state index contributed by atoms with van der Waals surface area (Å²) in [7, 11) is -2.28. The highest BCUT2D eigenvalue weighted by molar-refractivity contribution is 7.85. The Hall–Kier alpha value is -3.22. The van der Waals surface area contributed by atoms with E-state index in [4.69, 9.17) is 0 Å². The van der Waals surface area contributed by atoms with Crippen LogP contribution in [0.4, 0.5) is 11.4 Å². The molecule has 2 aliphatic heterocycles. The van der Waals surface area contributed by atoms with Crippen molar-refractivity contribution in [1.29, 1.82) is 0 Å². The third-order valence-corrected chi connectivity index (χ3v) is 8.47. The molecule has 0 aliphatic carbocycles. The van der Waals surface area contributed by atoms with Crippen LogP contribution < -0.4 is 4.90 Å². The standard InChI is InChI=1S/C31H36N2O3S/c1-8-33-27-18-16-22(2)20-24(27)31(5,6)29(33)15-13-11-9-10-12-14-28-30(3,4)25-21-23(37(34,35)36)17-19-26(25)32(28)7/h9-21H,8H2,1-7H3/p+1. The first kappa shape index (κ1) is 26.8. The summed E-state index contributed by atoms with van der Waals surface area (Å²) in [5.41, 5.74) is 7.64. The molecule has 2 heterocycles. The minimum atomic E-state index is -4.25. The zero-order chi connectivity index (χ0) is 27.2. The van der Waals surface area contributed by atoms with E-state index >= 15 is 0 Å². The van der Waals surface area contributed by atoms with Crippen molar-refractivity contribution in [2.45, 2.75) is 57.3 Å². The van der Waals surface area contributed by atoms with Gasteiger partial charge in [0.25, 0.3) is 10.1 Å². The molecule has 0 fully saturated rings. The number of anilines is 1. The monoisotopic (exact) mass is 517 g/mol. The number of likely N-dealkylation sites (N-methyl/N-ethyl adjacent to an activating group) is 1. The van der Waals surface area contributed by atoms with Crippen LogP contribution in [0, 0.1) is 6.92 Å². The molecular formula is C31H37N2O3S+. The van der Waals surface area contributed by atoms with Gasteiger partial charge in [-0.05, 0) is 57.5 Å². The average molecular weight is 518 g/mol. The molecule has 0 spiro atoms. The molecule has 2 aromatic rings. The van der Waals surface area contributed by atoms with Gasteiger partial charge in [-0.1, -0.05) is 61.9 Å². The van der Waals surface area contributed by atoms with Crippen molar-refractivity contribution < 1.29 is 17.5 Å². The van der Waals surface area contributed by atoms with Crippen LogP contribution >= 0.6 is 0 Å². The lowest BCUT2D eigenvalue weighted by Gasteiger charge is -2.25. The van der Waals surface area contributed by atoms with E-state index in [0.717, 1.165) is 23.5 Å². The number of rotatable bonds is 6. The van der Waals surface area contributed by atoms with E-state index in [-0.39, 0.29) is 10.3 Å². The predicted octanol–water partition coefficient (Wildman–Crippen LogP) is 6.62. The van der Waals surface area contributed by atoms with Gasteiger partial charge in [0.1, 0.15) is 7.05 Å². The minimum absolute atomic E-state index is 0.0508. The summed E-state index contributed by atoms with van der Waals surface area (Å²) in [4.78, 5) is 2.31. The fraction of sp³-hybridized carbons (Fsp3) is 0.323. The lowest BCUT2D eigenvalue weighted by atomic mass is 9.81. The fourth-order valence-electron chi connectivity index (χ4n) is 5.59. The van der Waals surface area contributed by atoms with E-state index in [9.17, 15) is 13.0 Å². The van der Waals surface area contributed by atoms with Gasteiger partial charge in [0.05, 0.1) is 10.3 Å². The highest BCUT2D eigenvalue weighted by Crippen LogP contribution is 2.47. The molecule has 37 heavy (non-hydrogen) atoms. The SMILES string of the molecule is CCN1C(=CC=CC=CC=CC2=[N+](C)c3ccc(S(=O)(=O)O)cc3C2(C)C)C(C)(C)c2cc(C)ccc21. The number of allylic oxidation sites excluding steroid dienone is 8. The number of hydrogen-bond donors (Lipinski definition) is 1. The zero-order valence-electron chi connectivity index (χ0n) is 22.8. The molecule has 0 amide bonds. The van der Waals surface area contributed by atoms with Crippen LogP contribution in [-0.4, -0.2) is 36.9 Å². The van der Waals surface area contributed by atoms with Crippen LogP contribution in [-0.2, 0) is 20.9 Å². The van der Waals surface area contributed by atoms with Gasteiger partial charge in [-0.15, -0.1) is 0 Å². The second kappa shape index (κ2) is 9.58. The Kier molecular flexibility index (Phi) is 6.95. The summed E-state index contributed by atoms with van der Waals surface area (Å²) < 4.78 is 34.8. The van der Waals surface area contributed by atoms with Gasteiger partial charge < -0.3 is 4.90 Å². The van der Waals surface area contributed by atoms with Crippen molar-refractivity contribution >= 4 is 27.2 Å². The Labute approximate surface area is 221 Å². The Bertz CT molecular complexity index is 1500. The molecule has 0 bridgehead atoms. The highest BCUT2D eigenvalue weighted by atomic mass is 32.2. The van der Waals surface area contributed by atoms with Crippen LogP contribution in [0.2, 0.25) is 0 Å². The molecule has 5 nitrogen and oxygen atoms in total. The van der Waals surface area contributed by atoms with E-state index in [1.807, 2.05) is 37.4 Å². The van der Waals surface area contributed by atoms with Gasteiger partial charge >= 0.3 is 0 Å². The van der Waals surface area contributed by atoms with Crippen molar-refractivity contribution in [2.75, 3.05) is 18.5 Å². The smallest absolute Gasteiger partial charge is 0.294 e. The first-order chi connectivity index (χ1) is 17.3. The van der Waals surface area contributed by atoms with Crippen LogP contribution in [0.5, 0.6) is 0 Å². The van der Waals surface area contributed by atoms with Gasteiger partial charge in [0.15, 0.2) is 5.71 Å². The molecule has 194 valence electrons. The van der Waals surface area contributed by atoms with E-state index < -0.39 is 15.5 Å².